The molecule has 0 N–H and O–H groups in total. The molecule has 4 heteroatoms. The van der Waals surface area contributed by atoms with E-state index in [2.05, 4.69) is 10.3 Å². The first-order valence-electron chi connectivity index (χ1n) is 4.60. The number of aromatic nitrogens is 3. The van der Waals surface area contributed by atoms with Crippen molar-refractivity contribution in [2.75, 3.05) is 0 Å². The molecule has 2 rings (SSSR count). The van der Waals surface area contributed by atoms with Crippen molar-refractivity contribution in [1.82, 2.24) is 15.0 Å². The van der Waals surface area contributed by atoms with Gasteiger partial charge in [0.25, 0.3) is 0 Å². The third-order valence-corrected chi connectivity index (χ3v) is 2.24. The van der Waals surface area contributed by atoms with Crippen LogP contribution in [0.5, 0.6) is 0 Å². The second-order valence-corrected chi connectivity index (χ2v) is 3.49. The third kappa shape index (κ3) is 2.07. The van der Waals surface area contributed by atoms with Gasteiger partial charge in [0.2, 0.25) is 0 Å². The van der Waals surface area contributed by atoms with E-state index in [1.807, 2.05) is 37.3 Å². The predicted octanol–water partition coefficient (Wildman–Crippen LogP) is 2.95. The van der Waals surface area contributed by atoms with Gasteiger partial charge in [-0.3, -0.25) is 0 Å². The molecule has 1 heterocycles. The molecule has 0 saturated heterocycles. The summed E-state index contributed by atoms with van der Waals surface area (Å²) in [5, 5.41) is 8.44. The van der Waals surface area contributed by atoms with Crippen molar-refractivity contribution in [3.8, 4) is 5.69 Å². The fourth-order valence-electron chi connectivity index (χ4n) is 1.38. The molecule has 1 aromatic heterocycles. The Morgan fingerprint density at radius 2 is 2.27 bits per heavy atom. The molecule has 0 unspecified atom stereocenters. The maximum atomic E-state index is 5.93. The van der Waals surface area contributed by atoms with Crippen LogP contribution >= 0.6 is 11.6 Å². The molecule has 0 aliphatic heterocycles. The van der Waals surface area contributed by atoms with E-state index >= 15 is 0 Å². The second-order valence-electron chi connectivity index (χ2n) is 3.05. The highest BCUT2D eigenvalue weighted by atomic mass is 35.5. The molecular formula is C11H10ClN3. The Hall–Kier alpha value is -1.61. The van der Waals surface area contributed by atoms with Gasteiger partial charge in [-0.2, -0.15) is 0 Å². The van der Waals surface area contributed by atoms with Crippen LogP contribution in [0.4, 0.5) is 0 Å². The van der Waals surface area contributed by atoms with E-state index in [9.17, 15) is 0 Å². The smallest absolute Gasteiger partial charge is 0.0736 e. The van der Waals surface area contributed by atoms with E-state index in [4.69, 9.17) is 11.6 Å². The fraction of sp³-hybridized carbons (Fsp3) is 0.0909. The minimum Gasteiger partial charge on any atom is -0.220 e. The molecule has 0 aliphatic rings. The van der Waals surface area contributed by atoms with Crippen molar-refractivity contribution in [3.63, 3.8) is 0 Å². The molecule has 0 atom stereocenters. The standard InChI is InChI=1S/C11H10ClN3/c1-2-3-9-8-10(12)4-5-11(9)15-7-6-13-14-15/h2-8H,1H3/b3-2+. The van der Waals surface area contributed by atoms with E-state index in [-0.39, 0.29) is 0 Å². The lowest BCUT2D eigenvalue weighted by atomic mass is 10.1. The van der Waals surface area contributed by atoms with Gasteiger partial charge >= 0.3 is 0 Å². The van der Waals surface area contributed by atoms with Crippen molar-refractivity contribution in [1.29, 1.82) is 0 Å². The van der Waals surface area contributed by atoms with Gasteiger partial charge in [0.05, 0.1) is 18.1 Å². The molecule has 0 bridgehead atoms. The Kier molecular flexibility index (Phi) is 2.83. The lowest BCUT2D eigenvalue weighted by Crippen LogP contribution is -1.97. The number of hydrogen-bond acceptors (Lipinski definition) is 2. The number of allylic oxidation sites excluding steroid dienone is 1. The molecule has 2 aromatic rings. The zero-order valence-electron chi connectivity index (χ0n) is 8.26. The van der Waals surface area contributed by atoms with Crippen LogP contribution in [-0.2, 0) is 0 Å². The van der Waals surface area contributed by atoms with Crippen LogP contribution in [0.3, 0.4) is 0 Å². The summed E-state index contributed by atoms with van der Waals surface area (Å²) in [6.07, 6.45) is 7.40. The monoisotopic (exact) mass is 219 g/mol. The Morgan fingerprint density at radius 3 is 2.93 bits per heavy atom. The topological polar surface area (TPSA) is 30.7 Å². The van der Waals surface area contributed by atoms with Crippen LogP contribution in [-0.4, -0.2) is 15.0 Å². The molecular weight excluding hydrogens is 210 g/mol. The Labute approximate surface area is 93.0 Å². The summed E-state index contributed by atoms with van der Waals surface area (Å²) < 4.78 is 1.71. The number of nitrogens with zero attached hydrogens (tertiary/aromatic N) is 3. The maximum absolute atomic E-state index is 5.93. The number of rotatable bonds is 2. The minimum atomic E-state index is 0.715. The van der Waals surface area contributed by atoms with Crippen LogP contribution in [0.25, 0.3) is 11.8 Å². The van der Waals surface area contributed by atoms with Gasteiger partial charge in [0.1, 0.15) is 0 Å². The Balaban J connectivity index is 2.56. The summed E-state index contributed by atoms with van der Waals surface area (Å²) in [4.78, 5) is 0. The third-order valence-electron chi connectivity index (χ3n) is 2.01. The average Bonchev–Trinajstić information content (AvgIpc) is 2.71. The summed E-state index contributed by atoms with van der Waals surface area (Å²) in [7, 11) is 0. The highest BCUT2D eigenvalue weighted by molar-refractivity contribution is 6.30. The second kappa shape index (κ2) is 4.28. The summed E-state index contributed by atoms with van der Waals surface area (Å²) in [5.41, 5.74) is 1.99. The first kappa shape index (κ1) is 9.93. The van der Waals surface area contributed by atoms with Gasteiger partial charge in [-0.15, -0.1) is 5.10 Å². The highest BCUT2D eigenvalue weighted by Gasteiger charge is 2.03. The molecule has 1 aromatic carbocycles. The van der Waals surface area contributed by atoms with Gasteiger partial charge in [0.15, 0.2) is 0 Å². The molecule has 0 spiro atoms. The molecule has 0 amide bonds. The summed E-state index contributed by atoms with van der Waals surface area (Å²) >= 11 is 5.93. The lowest BCUT2D eigenvalue weighted by Gasteiger charge is -2.05. The highest BCUT2D eigenvalue weighted by Crippen LogP contribution is 2.20. The van der Waals surface area contributed by atoms with Crippen LogP contribution in [0.15, 0.2) is 36.7 Å². The maximum Gasteiger partial charge on any atom is 0.0736 e. The zero-order chi connectivity index (χ0) is 10.7. The van der Waals surface area contributed by atoms with Gasteiger partial charge in [-0.1, -0.05) is 29.0 Å². The normalized spacial score (nSPS) is 11.1. The predicted molar refractivity (Wildman–Crippen MR) is 61.1 cm³/mol. The number of benzene rings is 1. The first-order chi connectivity index (χ1) is 7.31. The molecule has 3 nitrogen and oxygen atoms in total. The van der Waals surface area contributed by atoms with Gasteiger partial charge < -0.3 is 0 Å². The van der Waals surface area contributed by atoms with Gasteiger partial charge in [-0.25, -0.2) is 4.68 Å². The molecule has 0 saturated carbocycles. The van der Waals surface area contributed by atoms with Crippen LogP contribution in [0, 0.1) is 0 Å². The summed E-state index contributed by atoms with van der Waals surface area (Å²) in [5.74, 6) is 0. The van der Waals surface area contributed by atoms with Crippen molar-refractivity contribution in [2.45, 2.75) is 6.92 Å². The zero-order valence-corrected chi connectivity index (χ0v) is 9.02. The largest absolute Gasteiger partial charge is 0.220 e. The number of hydrogen-bond donors (Lipinski definition) is 0. The van der Waals surface area contributed by atoms with E-state index in [0.29, 0.717) is 5.02 Å². The summed E-state index contributed by atoms with van der Waals surface area (Å²) in [6, 6.07) is 5.66. The van der Waals surface area contributed by atoms with E-state index < -0.39 is 0 Å². The van der Waals surface area contributed by atoms with E-state index in [0.717, 1.165) is 11.3 Å². The van der Waals surface area contributed by atoms with E-state index in [1.165, 1.54) is 0 Å². The Morgan fingerprint density at radius 1 is 1.40 bits per heavy atom. The lowest BCUT2D eigenvalue weighted by molar-refractivity contribution is 0.802. The van der Waals surface area contributed by atoms with Crippen molar-refractivity contribution < 1.29 is 0 Å². The molecule has 0 radical (unpaired) electrons. The first-order valence-corrected chi connectivity index (χ1v) is 4.98. The van der Waals surface area contributed by atoms with Crippen molar-refractivity contribution in [2.24, 2.45) is 0 Å². The fourth-order valence-corrected chi connectivity index (χ4v) is 1.56. The van der Waals surface area contributed by atoms with Gasteiger partial charge in [0, 0.05) is 10.6 Å². The SMILES string of the molecule is C/C=C/c1cc(Cl)ccc1-n1ccnn1. The minimum absolute atomic E-state index is 0.715. The Bertz CT molecular complexity index is 475. The molecule has 15 heavy (non-hydrogen) atoms. The molecule has 0 fully saturated rings. The van der Waals surface area contributed by atoms with Gasteiger partial charge in [-0.05, 0) is 25.1 Å². The summed E-state index contributed by atoms with van der Waals surface area (Å²) in [6.45, 7) is 1.96. The molecule has 76 valence electrons. The van der Waals surface area contributed by atoms with Crippen LogP contribution in [0.1, 0.15) is 12.5 Å². The quantitative estimate of drug-likeness (QED) is 0.778. The van der Waals surface area contributed by atoms with Crippen LogP contribution in [0.2, 0.25) is 5.02 Å². The molecule has 0 aliphatic carbocycles. The van der Waals surface area contributed by atoms with Crippen LogP contribution < -0.4 is 0 Å². The van der Waals surface area contributed by atoms with E-state index in [1.54, 1.807) is 17.1 Å². The van der Waals surface area contributed by atoms with Crippen molar-refractivity contribution >= 4 is 17.7 Å². The average molecular weight is 220 g/mol. The number of halogens is 1. The van der Waals surface area contributed by atoms with Crippen molar-refractivity contribution in [3.05, 3.63) is 47.3 Å².